The highest BCUT2D eigenvalue weighted by Crippen LogP contribution is 2.28. The van der Waals surface area contributed by atoms with E-state index in [1.54, 1.807) is 7.11 Å². The van der Waals surface area contributed by atoms with E-state index in [4.69, 9.17) is 4.74 Å². The first-order valence-electron chi connectivity index (χ1n) is 9.88. The molecule has 0 saturated carbocycles. The van der Waals surface area contributed by atoms with E-state index in [1.807, 2.05) is 49.1 Å². The van der Waals surface area contributed by atoms with Gasteiger partial charge in [-0.1, -0.05) is 54.6 Å². The van der Waals surface area contributed by atoms with Gasteiger partial charge in [-0.15, -0.1) is 0 Å². The normalized spacial score (nSPS) is 15.8. The maximum atomic E-state index is 13.1. The van der Waals surface area contributed by atoms with Gasteiger partial charge in [-0.2, -0.15) is 0 Å². The van der Waals surface area contributed by atoms with Crippen LogP contribution >= 0.6 is 0 Å². The SMILES string of the molecule is COc1ccc(C(C)(C)C(=O)N2CCN(C/C=C/c3ccccc3)CC2)cc1. The number of piperazine rings is 1. The summed E-state index contributed by atoms with van der Waals surface area (Å²) in [5, 5.41) is 0. The minimum Gasteiger partial charge on any atom is -0.497 e. The molecule has 1 amide bonds. The first-order chi connectivity index (χ1) is 13.5. The van der Waals surface area contributed by atoms with Crippen LogP contribution in [0.5, 0.6) is 5.75 Å². The maximum Gasteiger partial charge on any atom is 0.232 e. The number of ether oxygens (including phenoxy) is 1. The lowest BCUT2D eigenvalue weighted by Gasteiger charge is -2.38. The Morgan fingerprint density at radius 3 is 2.25 bits per heavy atom. The molecule has 148 valence electrons. The van der Waals surface area contributed by atoms with Crippen molar-refractivity contribution >= 4 is 12.0 Å². The molecule has 4 nitrogen and oxygen atoms in total. The zero-order valence-electron chi connectivity index (χ0n) is 17.1. The molecular weight excluding hydrogens is 348 g/mol. The molecule has 0 aliphatic carbocycles. The van der Waals surface area contributed by atoms with Crippen molar-refractivity contribution in [3.8, 4) is 5.75 Å². The second kappa shape index (κ2) is 9.07. The predicted octanol–water partition coefficient (Wildman–Crippen LogP) is 3.83. The lowest BCUT2D eigenvalue weighted by atomic mass is 9.83. The number of hydrogen-bond acceptors (Lipinski definition) is 3. The molecular formula is C24H30N2O2. The predicted molar refractivity (Wildman–Crippen MR) is 115 cm³/mol. The van der Waals surface area contributed by atoms with E-state index >= 15 is 0 Å². The monoisotopic (exact) mass is 378 g/mol. The van der Waals surface area contributed by atoms with E-state index in [1.165, 1.54) is 5.56 Å². The summed E-state index contributed by atoms with van der Waals surface area (Å²) in [5.41, 5.74) is 1.70. The van der Waals surface area contributed by atoms with Crippen LogP contribution in [0.2, 0.25) is 0 Å². The summed E-state index contributed by atoms with van der Waals surface area (Å²) < 4.78 is 5.22. The Bertz CT molecular complexity index is 789. The fraction of sp³-hybridized carbons (Fsp3) is 0.375. The second-order valence-corrected chi connectivity index (χ2v) is 7.76. The average molecular weight is 379 g/mol. The highest BCUT2D eigenvalue weighted by atomic mass is 16.5. The quantitative estimate of drug-likeness (QED) is 0.766. The molecule has 2 aromatic rings. The smallest absolute Gasteiger partial charge is 0.232 e. The van der Waals surface area contributed by atoms with Crippen molar-refractivity contribution in [2.45, 2.75) is 19.3 Å². The molecule has 0 aromatic heterocycles. The van der Waals surface area contributed by atoms with Crippen LogP contribution in [0, 0.1) is 0 Å². The van der Waals surface area contributed by atoms with Gasteiger partial charge in [-0.25, -0.2) is 0 Å². The molecule has 2 aromatic carbocycles. The van der Waals surface area contributed by atoms with Crippen LogP contribution in [-0.2, 0) is 10.2 Å². The highest BCUT2D eigenvalue weighted by molar-refractivity contribution is 5.87. The minimum atomic E-state index is -0.540. The molecule has 0 bridgehead atoms. The Hall–Kier alpha value is -2.59. The molecule has 3 rings (SSSR count). The summed E-state index contributed by atoms with van der Waals surface area (Å²) in [5.74, 6) is 1.00. The molecule has 1 aliphatic rings. The van der Waals surface area contributed by atoms with Crippen LogP contribution in [0.25, 0.3) is 6.08 Å². The largest absolute Gasteiger partial charge is 0.497 e. The number of methoxy groups -OCH3 is 1. The summed E-state index contributed by atoms with van der Waals surface area (Å²) in [6.45, 7) is 8.29. The topological polar surface area (TPSA) is 32.8 Å². The number of carbonyl (C=O) groups is 1. The summed E-state index contributed by atoms with van der Waals surface area (Å²) in [7, 11) is 1.65. The number of nitrogens with zero attached hydrogens (tertiary/aromatic N) is 2. The van der Waals surface area contributed by atoms with Crippen LogP contribution in [0.15, 0.2) is 60.7 Å². The van der Waals surface area contributed by atoms with Crippen LogP contribution in [0.4, 0.5) is 0 Å². The van der Waals surface area contributed by atoms with Crippen molar-refractivity contribution in [1.29, 1.82) is 0 Å². The number of amides is 1. The first kappa shape index (κ1) is 20.2. The first-order valence-corrected chi connectivity index (χ1v) is 9.88. The van der Waals surface area contributed by atoms with Gasteiger partial charge in [0.15, 0.2) is 0 Å². The molecule has 0 spiro atoms. The Morgan fingerprint density at radius 1 is 1.00 bits per heavy atom. The van der Waals surface area contributed by atoms with Gasteiger partial charge in [-0.05, 0) is 37.1 Å². The molecule has 0 N–H and O–H groups in total. The van der Waals surface area contributed by atoms with E-state index in [-0.39, 0.29) is 5.91 Å². The minimum absolute atomic E-state index is 0.192. The van der Waals surface area contributed by atoms with Gasteiger partial charge < -0.3 is 9.64 Å². The summed E-state index contributed by atoms with van der Waals surface area (Å²) in [4.78, 5) is 17.5. The van der Waals surface area contributed by atoms with Crippen LogP contribution in [0.3, 0.4) is 0 Å². The molecule has 0 atom stereocenters. The number of rotatable bonds is 6. The van der Waals surface area contributed by atoms with Gasteiger partial charge >= 0.3 is 0 Å². The molecule has 1 heterocycles. The van der Waals surface area contributed by atoms with Gasteiger partial charge in [0.1, 0.15) is 5.75 Å². The van der Waals surface area contributed by atoms with E-state index < -0.39 is 5.41 Å². The fourth-order valence-electron chi connectivity index (χ4n) is 3.56. The lowest BCUT2D eigenvalue weighted by molar-refractivity contribution is -0.138. The Morgan fingerprint density at radius 2 is 1.64 bits per heavy atom. The van der Waals surface area contributed by atoms with E-state index in [9.17, 15) is 4.79 Å². The summed E-state index contributed by atoms with van der Waals surface area (Å²) in [6, 6.07) is 18.2. The van der Waals surface area contributed by atoms with Crippen molar-refractivity contribution in [3.63, 3.8) is 0 Å². The molecule has 1 saturated heterocycles. The maximum absolute atomic E-state index is 13.1. The summed E-state index contributed by atoms with van der Waals surface area (Å²) >= 11 is 0. The van der Waals surface area contributed by atoms with Gasteiger partial charge in [0.25, 0.3) is 0 Å². The average Bonchev–Trinajstić information content (AvgIpc) is 2.74. The molecule has 1 fully saturated rings. The van der Waals surface area contributed by atoms with E-state index in [2.05, 4.69) is 41.3 Å². The van der Waals surface area contributed by atoms with Gasteiger partial charge in [0.05, 0.1) is 12.5 Å². The van der Waals surface area contributed by atoms with Gasteiger partial charge in [0.2, 0.25) is 5.91 Å². The molecule has 28 heavy (non-hydrogen) atoms. The third kappa shape index (κ3) is 4.82. The van der Waals surface area contributed by atoms with Crippen molar-refractivity contribution in [1.82, 2.24) is 9.80 Å². The second-order valence-electron chi connectivity index (χ2n) is 7.76. The van der Waals surface area contributed by atoms with Gasteiger partial charge in [-0.3, -0.25) is 9.69 Å². The zero-order valence-corrected chi connectivity index (χ0v) is 17.1. The number of benzene rings is 2. The van der Waals surface area contributed by atoms with Crippen molar-refractivity contribution in [3.05, 3.63) is 71.8 Å². The van der Waals surface area contributed by atoms with E-state index in [0.29, 0.717) is 0 Å². The van der Waals surface area contributed by atoms with Crippen molar-refractivity contribution in [2.24, 2.45) is 0 Å². The molecule has 0 unspecified atom stereocenters. The lowest BCUT2D eigenvalue weighted by Crippen LogP contribution is -2.53. The van der Waals surface area contributed by atoms with Crippen LogP contribution in [-0.4, -0.2) is 55.5 Å². The molecule has 4 heteroatoms. The molecule has 1 aliphatic heterocycles. The Balaban J connectivity index is 1.53. The fourth-order valence-corrected chi connectivity index (χ4v) is 3.56. The van der Waals surface area contributed by atoms with E-state index in [0.717, 1.165) is 44.0 Å². The number of hydrogen-bond donors (Lipinski definition) is 0. The Kier molecular flexibility index (Phi) is 6.53. The van der Waals surface area contributed by atoms with Gasteiger partial charge in [0, 0.05) is 32.7 Å². The summed E-state index contributed by atoms with van der Waals surface area (Å²) in [6.07, 6.45) is 4.36. The Labute approximate surface area is 168 Å². The zero-order chi connectivity index (χ0) is 20.0. The highest BCUT2D eigenvalue weighted by Gasteiger charge is 2.35. The van der Waals surface area contributed by atoms with Crippen LogP contribution in [0.1, 0.15) is 25.0 Å². The number of carbonyl (C=O) groups excluding carboxylic acids is 1. The van der Waals surface area contributed by atoms with Crippen molar-refractivity contribution in [2.75, 3.05) is 39.8 Å². The van der Waals surface area contributed by atoms with Crippen LogP contribution < -0.4 is 4.74 Å². The van der Waals surface area contributed by atoms with Crippen molar-refractivity contribution < 1.29 is 9.53 Å². The third-order valence-electron chi connectivity index (χ3n) is 5.48. The standard InChI is InChI=1S/C24H30N2O2/c1-24(2,21-11-13-22(28-3)14-12-21)23(27)26-18-16-25(17-19-26)15-7-10-20-8-5-4-6-9-20/h4-14H,15-19H2,1-3H3/b10-7+. The third-order valence-corrected chi connectivity index (χ3v) is 5.48. The molecule has 0 radical (unpaired) electrons.